The van der Waals surface area contributed by atoms with Crippen molar-refractivity contribution in [3.8, 4) is 0 Å². The van der Waals surface area contributed by atoms with Crippen LogP contribution in [0.2, 0.25) is 5.15 Å². The molecular formula is C8H8BrClN2O2. The van der Waals surface area contributed by atoms with Crippen molar-refractivity contribution >= 4 is 33.5 Å². The summed E-state index contributed by atoms with van der Waals surface area (Å²) >= 11 is 8.98. The topological polar surface area (TPSA) is 76.2 Å². The van der Waals surface area contributed by atoms with E-state index < -0.39 is 12.0 Å². The SMILES string of the molecule is N[C@@H](CC(=O)O)c1cc(Br)cnc1Cl. The summed E-state index contributed by atoms with van der Waals surface area (Å²) in [6, 6.07) is 1.04. The van der Waals surface area contributed by atoms with Gasteiger partial charge in [-0.1, -0.05) is 11.6 Å². The van der Waals surface area contributed by atoms with E-state index >= 15 is 0 Å². The van der Waals surface area contributed by atoms with Crippen LogP contribution in [0.5, 0.6) is 0 Å². The van der Waals surface area contributed by atoms with E-state index in [4.69, 9.17) is 22.4 Å². The van der Waals surface area contributed by atoms with Gasteiger partial charge in [-0.25, -0.2) is 4.98 Å². The maximum atomic E-state index is 10.4. The minimum Gasteiger partial charge on any atom is -0.481 e. The lowest BCUT2D eigenvalue weighted by Crippen LogP contribution is -2.15. The van der Waals surface area contributed by atoms with Gasteiger partial charge in [0.2, 0.25) is 0 Å². The molecule has 1 rings (SSSR count). The molecule has 0 aliphatic rings. The van der Waals surface area contributed by atoms with Gasteiger partial charge < -0.3 is 10.8 Å². The quantitative estimate of drug-likeness (QED) is 0.829. The molecule has 0 radical (unpaired) electrons. The highest BCUT2D eigenvalue weighted by atomic mass is 79.9. The fourth-order valence-electron chi connectivity index (χ4n) is 0.996. The molecule has 0 spiro atoms. The molecule has 0 unspecified atom stereocenters. The molecule has 1 heterocycles. The first-order chi connectivity index (χ1) is 6.50. The number of rotatable bonds is 3. The third kappa shape index (κ3) is 2.94. The molecule has 0 aliphatic carbocycles. The molecule has 0 fully saturated rings. The van der Waals surface area contributed by atoms with E-state index in [1.807, 2.05) is 0 Å². The molecule has 0 saturated carbocycles. The van der Waals surface area contributed by atoms with Crippen LogP contribution in [0.4, 0.5) is 0 Å². The number of aromatic nitrogens is 1. The standard InChI is InChI=1S/C8H8BrClN2O2/c9-4-1-5(8(10)12-3-4)6(11)2-7(13)14/h1,3,6H,2,11H2,(H,13,14)/t6-/m0/s1. The number of hydrogen-bond donors (Lipinski definition) is 2. The number of halogens is 2. The third-order valence-corrected chi connectivity index (χ3v) is 2.38. The van der Waals surface area contributed by atoms with Crippen molar-refractivity contribution in [1.82, 2.24) is 4.98 Å². The zero-order valence-electron chi connectivity index (χ0n) is 7.08. The first kappa shape index (κ1) is 11.4. The van der Waals surface area contributed by atoms with Crippen LogP contribution in [0.1, 0.15) is 18.0 Å². The van der Waals surface area contributed by atoms with Gasteiger partial charge >= 0.3 is 5.97 Å². The second kappa shape index (κ2) is 4.72. The number of pyridine rings is 1. The number of aliphatic carboxylic acids is 1. The number of carbonyl (C=O) groups is 1. The monoisotopic (exact) mass is 278 g/mol. The molecule has 4 nitrogen and oxygen atoms in total. The number of nitrogens with zero attached hydrogens (tertiary/aromatic N) is 1. The van der Waals surface area contributed by atoms with Crippen LogP contribution in [0.25, 0.3) is 0 Å². The Kier molecular flexibility index (Phi) is 3.86. The predicted molar refractivity (Wildman–Crippen MR) is 56.1 cm³/mol. The van der Waals surface area contributed by atoms with E-state index in [1.54, 1.807) is 6.07 Å². The maximum absolute atomic E-state index is 10.4. The van der Waals surface area contributed by atoms with Crippen LogP contribution >= 0.6 is 27.5 Å². The van der Waals surface area contributed by atoms with Crippen LogP contribution in [-0.4, -0.2) is 16.1 Å². The Morgan fingerprint density at radius 3 is 3.00 bits per heavy atom. The average molecular weight is 280 g/mol. The van der Waals surface area contributed by atoms with Crippen molar-refractivity contribution in [1.29, 1.82) is 0 Å². The predicted octanol–water partition coefficient (Wildman–Crippen LogP) is 1.97. The Bertz CT molecular complexity index is 359. The van der Waals surface area contributed by atoms with Crippen molar-refractivity contribution in [2.24, 2.45) is 5.73 Å². The summed E-state index contributed by atoms with van der Waals surface area (Å²) in [5.41, 5.74) is 6.17. The van der Waals surface area contributed by atoms with Gasteiger partial charge in [0, 0.05) is 22.3 Å². The molecule has 14 heavy (non-hydrogen) atoms. The minimum absolute atomic E-state index is 0.169. The van der Waals surface area contributed by atoms with Crippen molar-refractivity contribution in [2.45, 2.75) is 12.5 Å². The lowest BCUT2D eigenvalue weighted by Gasteiger charge is -2.10. The number of hydrogen-bond acceptors (Lipinski definition) is 3. The van der Waals surface area contributed by atoms with Gasteiger partial charge in [-0.3, -0.25) is 4.79 Å². The lowest BCUT2D eigenvalue weighted by molar-refractivity contribution is -0.137. The van der Waals surface area contributed by atoms with E-state index in [1.165, 1.54) is 6.20 Å². The Morgan fingerprint density at radius 1 is 1.79 bits per heavy atom. The fraction of sp³-hybridized carbons (Fsp3) is 0.250. The smallest absolute Gasteiger partial charge is 0.305 e. The largest absolute Gasteiger partial charge is 0.481 e. The summed E-state index contributed by atoms with van der Waals surface area (Å²) in [5, 5.41) is 8.79. The first-order valence-corrected chi connectivity index (χ1v) is 4.96. The molecule has 3 N–H and O–H groups in total. The molecular weight excluding hydrogens is 271 g/mol. The zero-order valence-corrected chi connectivity index (χ0v) is 9.42. The highest BCUT2D eigenvalue weighted by Crippen LogP contribution is 2.24. The van der Waals surface area contributed by atoms with Crippen LogP contribution in [0, 0.1) is 0 Å². The van der Waals surface area contributed by atoms with E-state index in [-0.39, 0.29) is 11.6 Å². The van der Waals surface area contributed by atoms with Crippen molar-refractivity contribution in [3.63, 3.8) is 0 Å². The van der Waals surface area contributed by atoms with Gasteiger partial charge in [0.1, 0.15) is 5.15 Å². The molecule has 0 amide bonds. The highest BCUT2D eigenvalue weighted by molar-refractivity contribution is 9.10. The van der Waals surface area contributed by atoms with Crippen LogP contribution in [-0.2, 0) is 4.79 Å². The van der Waals surface area contributed by atoms with Gasteiger partial charge in [0.15, 0.2) is 0 Å². The maximum Gasteiger partial charge on any atom is 0.305 e. The Labute approximate surface area is 94.2 Å². The molecule has 1 atom stereocenters. The van der Waals surface area contributed by atoms with Gasteiger partial charge in [-0.2, -0.15) is 0 Å². The minimum atomic E-state index is -0.964. The molecule has 0 saturated heterocycles. The summed E-state index contributed by atoms with van der Waals surface area (Å²) < 4.78 is 0.720. The Hall–Kier alpha value is -0.650. The van der Waals surface area contributed by atoms with Gasteiger partial charge in [0.25, 0.3) is 0 Å². The van der Waals surface area contributed by atoms with E-state index in [0.29, 0.717) is 5.56 Å². The Balaban J connectivity index is 2.93. The molecule has 6 heteroatoms. The second-order valence-electron chi connectivity index (χ2n) is 2.74. The normalized spacial score (nSPS) is 12.5. The number of carboxylic acids is 1. The van der Waals surface area contributed by atoms with Gasteiger partial charge in [0.05, 0.1) is 6.42 Å². The summed E-state index contributed by atoms with van der Waals surface area (Å²) in [6.45, 7) is 0. The zero-order chi connectivity index (χ0) is 10.7. The molecule has 1 aromatic heterocycles. The van der Waals surface area contributed by atoms with Crippen LogP contribution < -0.4 is 5.73 Å². The van der Waals surface area contributed by atoms with E-state index in [9.17, 15) is 4.79 Å². The molecule has 0 aliphatic heterocycles. The van der Waals surface area contributed by atoms with Crippen LogP contribution in [0.3, 0.4) is 0 Å². The summed E-state index contributed by atoms with van der Waals surface area (Å²) in [6.07, 6.45) is 1.36. The van der Waals surface area contributed by atoms with Crippen molar-refractivity contribution < 1.29 is 9.90 Å². The first-order valence-electron chi connectivity index (χ1n) is 3.79. The van der Waals surface area contributed by atoms with Crippen LogP contribution in [0.15, 0.2) is 16.7 Å². The van der Waals surface area contributed by atoms with Crippen molar-refractivity contribution in [2.75, 3.05) is 0 Å². The highest BCUT2D eigenvalue weighted by Gasteiger charge is 2.14. The third-order valence-electron chi connectivity index (χ3n) is 1.63. The average Bonchev–Trinajstić information content (AvgIpc) is 2.08. The molecule has 0 aromatic carbocycles. The summed E-state index contributed by atoms with van der Waals surface area (Å²) in [5.74, 6) is -0.964. The summed E-state index contributed by atoms with van der Waals surface area (Å²) in [7, 11) is 0. The summed E-state index contributed by atoms with van der Waals surface area (Å²) in [4.78, 5) is 14.3. The van der Waals surface area contributed by atoms with Gasteiger partial charge in [-0.15, -0.1) is 0 Å². The van der Waals surface area contributed by atoms with Crippen molar-refractivity contribution in [3.05, 3.63) is 27.5 Å². The molecule has 0 bridgehead atoms. The number of carboxylic acid groups (broad SMARTS) is 1. The van der Waals surface area contributed by atoms with E-state index in [0.717, 1.165) is 4.47 Å². The van der Waals surface area contributed by atoms with E-state index in [2.05, 4.69) is 20.9 Å². The molecule has 1 aromatic rings. The Morgan fingerprint density at radius 2 is 2.43 bits per heavy atom. The second-order valence-corrected chi connectivity index (χ2v) is 4.01. The molecule has 76 valence electrons. The fourth-order valence-corrected chi connectivity index (χ4v) is 1.59. The van der Waals surface area contributed by atoms with Gasteiger partial charge in [-0.05, 0) is 22.0 Å². The number of nitrogens with two attached hydrogens (primary N) is 1. The lowest BCUT2D eigenvalue weighted by atomic mass is 10.1.